The van der Waals surface area contributed by atoms with Gasteiger partial charge in [-0.15, -0.1) is 11.3 Å². The lowest BCUT2D eigenvalue weighted by atomic mass is 9.93. The number of hydrogen-bond acceptors (Lipinski definition) is 10. The Hall–Kier alpha value is -3.77. The lowest BCUT2D eigenvalue weighted by Crippen LogP contribution is -2.54. The van der Waals surface area contributed by atoms with Crippen LogP contribution in [0.25, 0.3) is 0 Å². The van der Waals surface area contributed by atoms with Crippen molar-refractivity contribution in [2.24, 2.45) is 11.8 Å². The highest BCUT2D eigenvalue weighted by molar-refractivity contribution is 7.90. The number of halogens is 3. The average Bonchev–Trinajstić information content (AvgIpc) is 3.50. The maximum atomic E-state index is 13.8. The van der Waals surface area contributed by atoms with Crippen molar-refractivity contribution >= 4 is 50.9 Å². The molecule has 3 N–H and O–H groups in total. The predicted molar refractivity (Wildman–Crippen MR) is 181 cm³/mol. The summed E-state index contributed by atoms with van der Waals surface area (Å²) in [6.07, 6.45) is -5.66. The fourth-order valence-corrected chi connectivity index (χ4v) is 6.55. The molecule has 0 fully saturated rings. The molecular weight excluding hydrogens is 704 g/mol. The van der Waals surface area contributed by atoms with Crippen molar-refractivity contribution in [1.82, 2.24) is 19.9 Å². The summed E-state index contributed by atoms with van der Waals surface area (Å²) in [5, 5.41) is 6.04. The summed E-state index contributed by atoms with van der Waals surface area (Å²) in [4.78, 5) is 56.0. The summed E-state index contributed by atoms with van der Waals surface area (Å²) in [6.45, 7) is 14.8. The average molecular weight is 750 g/mol. The molecule has 0 unspecified atom stereocenters. The second-order valence-electron chi connectivity index (χ2n) is 12.9. The summed E-state index contributed by atoms with van der Waals surface area (Å²) in [6, 6.07) is 2.48. The quantitative estimate of drug-likeness (QED) is 0.208. The van der Waals surface area contributed by atoms with Crippen molar-refractivity contribution in [2.75, 3.05) is 19.0 Å². The maximum Gasteiger partial charge on any atom is 0.471 e. The predicted octanol–water partition coefficient (Wildman–Crippen LogP) is 5.65. The molecule has 0 spiro atoms. The van der Waals surface area contributed by atoms with Gasteiger partial charge >= 0.3 is 18.2 Å². The molecule has 1 aromatic carbocycles. The van der Waals surface area contributed by atoms with Crippen LogP contribution in [0, 0.1) is 11.8 Å². The fraction of sp³-hybridized carbons (Fsp3) is 0.594. The van der Waals surface area contributed by atoms with Gasteiger partial charge in [0.1, 0.15) is 28.4 Å². The normalized spacial score (nSPS) is 14.7. The number of amides is 4. The van der Waals surface area contributed by atoms with E-state index in [0.717, 1.165) is 35.6 Å². The number of thiazole rings is 1. The van der Waals surface area contributed by atoms with Crippen LogP contribution in [-0.4, -0.2) is 79.6 Å². The zero-order valence-electron chi connectivity index (χ0n) is 29.5. The van der Waals surface area contributed by atoms with Gasteiger partial charge in [-0.05, 0) is 63.8 Å². The fourth-order valence-electron chi connectivity index (χ4n) is 4.73. The van der Waals surface area contributed by atoms with E-state index in [9.17, 15) is 40.8 Å². The van der Waals surface area contributed by atoms with E-state index in [-0.39, 0.29) is 42.2 Å². The number of anilines is 1. The summed E-state index contributed by atoms with van der Waals surface area (Å²) < 4.78 is 76.5. The first-order valence-corrected chi connectivity index (χ1v) is 18.3. The number of ether oxygens (including phenoxy) is 2. The van der Waals surface area contributed by atoms with Gasteiger partial charge in [-0.25, -0.2) is 22.9 Å². The standard InChI is InChI=1S/C32H46F3N5O8S2/c1-10-19(5)25(38-30(44)48-31(6,7)8)28(42)40(9)23(18(3)4)16-24(47-11-2)27-37-22(17-49-27)26(41)39-50(45,46)21-14-12-20(13-15-21)36-29(43)32(33,34)35/h12-15,17-19,23-25H,10-11,16H2,1-9H3,(H,36,43)(H,38,44)(H,39,41)/t19-,23+,24+,25-/m0/s1. The maximum absolute atomic E-state index is 13.8. The number of sulfonamides is 1. The molecule has 280 valence electrons. The first-order chi connectivity index (χ1) is 23.0. The lowest BCUT2D eigenvalue weighted by molar-refractivity contribution is -0.167. The number of carbonyl (C=O) groups excluding carboxylic acids is 4. The van der Waals surface area contributed by atoms with Crippen molar-refractivity contribution in [2.45, 2.75) is 103 Å². The van der Waals surface area contributed by atoms with Crippen molar-refractivity contribution in [3.63, 3.8) is 0 Å². The third-order valence-electron chi connectivity index (χ3n) is 7.53. The van der Waals surface area contributed by atoms with E-state index in [2.05, 4.69) is 10.3 Å². The number of benzene rings is 1. The number of hydrogen-bond donors (Lipinski definition) is 3. The van der Waals surface area contributed by atoms with Crippen LogP contribution in [0.4, 0.5) is 23.7 Å². The van der Waals surface area contributed by atoms with Gasteiger partial charge < -0.3 is 25.0 Å². The molecule has 13 nitrogen and oxygen atoms in total. The molecule has 0 radical (unpaired) electrons. The smallest absolute Gasteiger partial charge is 0.444 e. The minimum Gasteiger partial charge on any atom is -0.444 e. The van der Waals surface area contributed by atoms with Gasteiger partial charge in [0.25, 0.3) is 15.9 Å². The minimum absolute atomic E-state index is 0.0768. The van der Waals surface area contributed by atoms with E-state index in [4.69, 9.17) is 9.47 Å². The highest BCUT2D eigenvalue weighted by Gasteiger charge is 2.39. The highest BCUT2D eigenvalue weighted by atomic mass is 32.2. The number of alkyl halides is 3. The molecule has 2 rings (SSSR count). The Bertz CT molecular complexity index is 1590. The number of alkyl carbamates (subject to hydrolysis) is 1. The molecule has 0 aliphatic rings. The topological polar surface area (TPSA) is 173 Å². The van der Waals surface area contributed by atoms with Crippen molar-refractivity contribution in [1.29, 1.82) is 0 Å². The monoisotopic (exact) mass is 749 g/mol. The lowest BCUT2D eigenvalue weighted by Gasteiger charge is -2.37. The summed E-state index contributed by atoms with van der Waals surface area (Å²) in [5.74, 6) is -3.90. The Labute approximate surface area is 294 Å². The number of likely N-dealkylation sites (N-methyl/N-ethyl adjacent to an activating group) is 1. The van der Waals surface area contributed by atoms with Crippen LogP contribution in [-0.2, 0) is 29.1 Å². The van der Waals surface area contributed by atoms with Crippen molar-refractivity contribution in [3.8, 4) is 0 Å². The van der Waals surface area contributed by atoms with Gasteiger partial charge in [0.15, 0.2) is 0 Å². The Morgan fingerprint density at radius 3 is 2.12 bits per heavy atom. The van der Waals surface area contributed by atoms with Crippen LogP contribution in [0.1, 0.15) is 89.8 Å². The molecule has 1 heterocycles. The van der Waals surface area contributed by atoms with E-state index in [1.807, 2.05) is 32.4 Å². The molecule has 0 saturated carbocycles. The van der Waals surface area contributed by atoms with Gasteiger partial charge in [0.05, 0.1) is 4.90 Å². The van der Waals surface area contributed by atoms with Crippen LogP contribution in [0.5, 0.6) is 0 Å². The first kappa shape index (κ1) is 42.4. The van der Waals surface area contributed by atoms with E-state index in [1.54, 1.807) is 45.0 Å². The Morgan fingerprint density at radius 1 is 1.02 bits per heavy atom. The zero-order chi connectivity index (χ0) is 38.2. The van der Waals surface area contributed by atoms with E-state index >= 15 is 0 Å². The molecule has 0 aliphatic carbocycles. The van der Waals surface area contributed by atoms with E-state index in [1.165, 1.54) is 5.38 Å². The molecule has 0 aliphatic heterocycles. The Morgan fingerprint density at radius 2 is 1.62 bits per heavy atom. The third-order valence-corrected chi connectivity index (χ3v) is 9.81. The van der Waals surface area contributed by atoms with Gasteiger partial charge in [0, 0.05) is 37.2 Å². The largest absolute Gasteiger partial charge is 0.471 e. The molecule has 4 atom stereocenters. The van der Waals surface area contributed by atoms with Crippen molar-refractivity contribution in [3.05, 3.63) is 40.3 Å². The van der Waals surface area contributed by atoms with Gasteiger partial charge in [0.2, 0.25) is 5.91 Å². The molecule has 4 amide bonds. The molecule has 2 aromatic rings. The second-order valence-corrected chi connectivity index (χ2v) is 15.5. The summed E-state index contributed by atoms with van der Waals surface area (Å²) >= 11 is 1.06. The van der Waals surface area contributed by atoms with Gasteiger partial charge in [-0.3, -0.25) is 14.4 Å². The Kier molecular flexibility index (Phi) is 14.8. The third kappa shape index (κ3) is 12.2. The molecule has 1 aromatic heterocycles. The molecule has 0 bridgehead atoms. The van der Waals surface area contributed by atoms with Crippen molar-refractivity contribution < 1.29 is 50.2 Å². The van der Waals surface area contributed by atoms with Crippen LogP contribution in [0.3, 0.4) is 0 Å². The van der Waals surface area contributed by atoms with Crippen LogP contribution >= 0.6 is 11.3 Å². The van der Waals surface area contributed by atoms with E-state index in [0.29, 0.717) is 11.4 Å². The van der Waals surface area contributed by atoms with Crippen LogP contribution < -0.4 is 15.4 Å². The first-order valence-electron chi connectivity index (χ1n) is 15.9. The summed E-state index contributed by atoms with van der Waals surface area (Å²) in [7, 11) is -2.83. The SMILES string of the molecule is CCO[C@H](C[C@H](C(C)C)N(C)C(=O)[C@@H](NC(=O)OC(C)(C)C)[C@@H](C)CC)c1nc(C(=O)NS(=O)(=O)c2ccc(NC(=O)C(F)(F)F)cc2)cs1. The minimum atomic E-state index is -5.13. The summed E-state index contributed by atoms with van der Waals surface area (Å²) in [5.41, 5.74) is -1.28. The number of nitrogens with zero attached hydrogens (tertiary/aromatic N) is 2. The number of nitrogens with one attached hydrogen (secondary N) is 3. The highest BCUT2D eigenvalue weighted by Crippen LogP contribution is 2.31. The second kappa shape index (κ2) is 17.4. The molecule has 0 saturated heterocycles. The number of carbonyl (C=O) groups is 4. The van der Waals surface area contributed by atoms with Crippen LogP contribution in [0.2, 0.25) is 0 Å². The van der Waals surface area contributed by atoms with Gasteiger partial charge in [-0.1, -0.05) is 34.1 Å². The molecular formula is C32H46F3N5O8S2. The van der Waals surface area contributed by atoms with Crippen LogP contribution in [0.15, 0.2) is 34.5 Å². The van der Waals surface area contributed by atoms with Gasteiger partial charge in [-0.2, -0.15) is 13.2 Å². The molecule has 50 heavy (non-hydrogen) atoms. The number of aromatic nitrogens is 1. The zero-order valence-corrected chi connectivity index (χ0v) is 31.1. The van der Waals surface area contributed by atoms with E-state index < -0.39 is 62.8 Å². The molecule has 18 heteroatoms. The number of rotatable bonds is 15. The Balaban J connectivity index is 2.24.